The molecule has 0 aliphatic carbocycles. The number of fused-ring (bicyclic) bond motifs is 1. The summed E-state index contributed by atoms with van der Waals surface area (Å²) >= 11 is 0. The summed E-state index contributed by atoms with van der Waals surface area (Å²) in [5.74, 6) is -0.612. The Balaban J connectivity index is 1.55. The second kappa shape index (κ2) is 16.3. The molecular formula is C39H51N7O4. The number of anilines is 1. The molecule has 11 heteroatoms. The standard InChI is InChI=1S/C39H51N7O4/c1-7-10-18-43(19-11-8-2)39(50)34-20-27(6)46(42-34)35-17-16-30(40-37(48)36-23-33(26(4)5)41-45(36)9-3)22-32(35)38(49)44-24-29-15-13-12-14-28(29)21-31(44)25-47/h12-17,20,22-23,26,31,47H,7-11,18-19,21,24-25H2,1-6H3,(H,40,48). The van der Waals surface area contributed by atoms with Gasteiger partial charge < -0.3 is 20.2 Å². The van der Waals surface area contributed by atoms with E-state index in [1.165, 1.54) is 0 Å². The monoisotopic (exact) mass is 681 g/mol. The van der Waals surface area contributed by atoms with Crippen molar-refractivity contribution in [1.29, 1.82) is 0 Å². The van der Waals surface area contributed by atoms with Gasteiger partial charge in [0.25, 0.3) is 17.7 Å². The molecule has 3 amide bonds. The Kier molecular flexibility index (Phi) is 11.9. The first-order valence-corrected chi connectivity index (χ1v) is 18.0. The molecule has 1 atom stereocenters. The van der Waals surface area contributed by atoms with E-state index in [9.17, 15) is 19.5 Å². The summed E-state index contributed by atoms with van der Waals surface area (Å²) in [5, 5.41) is 22.8. The van der Waals surface area contributed by atoms with E-state index in [2.05, 4.69) is 24.3 Å². The third-order valence-corrected chi connectivity index (χ3v) is 9.42. The van der Waals surface area contributed by atoms with Crippen LogP contribution in [0.1, 0.15) is 120 Å². The van der Waals surface area contributed by atoms with E-state index in [4.69, 9.17) is 5.10 Å². The highest BCUT2D eigenvalue weighted by Crippen LogP contribution is 2.29. The van der Waals surface area contributed by atoms with Crippen molar-refractivity contribution in [3.05, 3.63) is 94.1 Å². The van der Waals surface area contributed by atoms with Gasteiger partial charge in [0.1, 0.15) is 5.69 Å². The minimum atomic E-state index is -0.432. The molecule has 0 fully saturated rings. The van der Waals surface area contributed by atoms with E-state index in [0.717, 1.165) is 42.5 Å². The molecule has 5 rings (SSSR count). The zero-order valence-electron chi connectivity index (χ0n) is 30.3. The fourth-order valence-electron chi connectivity index (χ4n) is 6.45. The van der Waals surface area contributed by atoms with E-state index in [1.807, 2.05) is 56.9 Å². The number of benzene rings is 2. The Hall–Kier alpha value is -4.77. The van der Waals surface area contributed by atoms with Gasteiger partial charge >= 0.3 is 0 Å². The highest BCUT2D eigenvalue weighted by molar-refractivity contribution is 6.05. The number of rotatable bonds is 14. The van der Waals surface area contributed by atoms with Gasteiger partial charge in [-0.3, -0.25) is 19.1 Å². The lowest BCUT2D eigenvalue weighted by molar-refractivity contribution is 0.0544. The molecule has 0 bridgehead atoms. The number of aliphatic hydroxyl groups is 1. The molecule has 2 aromatic carbocycles. The number of nitrogens with one attached hydrogen (secondary N) is 1. The van der Waals surface area contributed by atoms with Crippen molar-refractivity contribution >= 4 is 23.4 Å². The normalized spacial score (nSPS) is 14.2. The van der Waals surface area contributed by atoms with Crippen LogP contribution in [0.4, 0.5) is 5.69 Å². The maximum absolute atomic E-state index is 14.6. The topological polar surface area (TPSA) is 126 Å². The lowest BCUT2D eigenvalue weighted by Gasteiger charge is -2.36. The van der Waals surface area contributed by atoms with Crippen LogP contribution in [-0.4, -0.2) is 77.9 Å². The Morgan fingerprint density at radius 2 is 1.66 bits per heavy atom. The van der Waals surface area contributed by atoms with Crippen LogP contribution in [-0.2, 0) is 19.5 Å². The number of aryl methyl sites for hydroxylation is 2. The van der Waals surface area contributed by atoms with Crippen LogP contribution in [0.25, 0.3) is 5.69 Å². The molecule has 1 unspecified atom stereocenters. The second-order valence-corrected chi connectivity index (χ2v) is 13.4. The fourth-order valence-corrected chi connectivity index (χ4v) is 6.45. The van der Waals surface area contributed by atoms with Crippen LogP contribution in [0, 0.1) is 6.92 Å². The van der Waals surface area contributed by atoms with Crippen LogP contribution in [0.15, 0.2) is 54.6 Å². The SMILES string of the molecule is CCCCN(CCCC)C(=O)c1cc(C)n(-c2ccc(NC(=O)c3cc(C(C)C)nn3CC)cc2C(=O)N2Cc3ccccc3CC2CO)n1. The minimum absolute atomic E-state index is 0.133. The van der Waals surface area contributed by atoms with E-state index < -0.39 is 6.04 Å². The van der Waals surface area contributed by atoms with E-state index in [-0.39, 0.29) is 30.2 Å². The summed E-state index contributed by atoms with van der Waals surface area (Å²) in [5.41, 5.74) is 5.61. The van der Waals surface area contributed by atoms with Gasteiger partial charge in [0.15, 0.2) is 5.69 Å². The zero-order chi connectivity index (χ0) is 35.9. The average Bonchev–Trinajstić information content (AvgIpc) is 3.74. The summed E-state index contributed by atoms with van der Waals surface area (Å²) in [6.07, 6.45) is 4.29. The predicted octanol–water partition coefficient (Wildman–Crippen LogP) is 6.37. The molecular weight excluding hydrogens is 630 g/mol. The van der Waals surface area contributed by atoms with Crippen LogP contribution in [0.2, 0.25) is 0 Å². The highest BCUT2D eigenvalue weighted by atomic mass is 16.3. The Morgan fingerprint density at radius 3 is 2.30 bits per heavy atom. The maximum atomic E-state index is 14.6. The lowest BCUT2D eigenvalue weighted by atomic mass is 9.93. The molecule has 0 spiro atoms. The molecule has 2 aromatic heterocycles. The van der Waals surface area contributed by atoms with Crippen molar-refractivity contribution in [2.75, 3.05) is 25.0 Å². The van der Waals surface area contributed by atoms with Gasteiger partial charge in [-0.15, -0.1) is 0 Å². The summed E-state index contributed by atoms with van der Waals surface area (Å²) in [6.45, 7) is 14.1. The molecule has 0 saturated carbocycles. The van der Waals surface area contributed by atoms with Gasteiger partial charge in [-0.25, -0.2) is 4.68 Å². The maximum Gasteiger partial charge on any atom is 0.274 e. The van der Waals surface area contributed by atoms with Crippen molar-refractivity contribution in [2.24, 2.45) is 0 Å². The molecule has 2 N–H and O–H groups in total. The van der Waals surface area contributed by atoms with Crippen LogP contribution < -0.4 is 5.32 Å². The van der Waals surface area contributed by atoms with Crippen LogP contribution >= 0.6 is 0 Å². The number of hydrogen-bond acceptors (Lipinski definition) is 6. The minimum Gasteiger partial charge on any atom is -0.394 e. The first-order valence-electron chi connectivity index (χ1n) is 18.0. The molecule has 266 valence electrons. The van der Waals surface area contributed by atoms with Gasteiger partial charge in [-0.1, -0.05) is 64.8 Å². The highest BCUT2D eigenvalue weighted by Gasteiger charge is 2.32. The first kappa shape index (κ1) is 36.5. The summed E-state index contributed by atoms with van der Waals surface area (Å²) in [7, 11) is 0. The predicted molar refractivity (Wildman–Crippen MR) is 195 cm³/mol. The second-order valence-electron chi connectivity index (χ2n) is 13.4. The fraction of sp³-hybridized carbons (Fsp3) is 0.462. The first-order chi connectivity index (χ1) is 24.1. The molecule has 50 heavy (non-hydrogen) atoms. The third kappa shape index (κ3) is 7.83. The van der Waals surface area contributed by atoms with Gasteiger partial charge in [0, 0.05) is 37.6 Å². The molecule has 3 heterocycles. The molecule has 1 aliphatic heterocycles. The number of aromatic nitrogens is 4. The van der Waals surface area contributed by atoms with Crippen LogP contribution in [0.3, 0.4) is 0 Å². The number of unbranched alkanes of at least 4 members (excludes halogenated alkanes) is 2. The van der Waals surface area contributed by atoms with Crippen molar-refractivity contribution in [1.82, 2.24) is 29.4 Å². The molecule has 1 aliphatic rings. The number of carbonyl (C=O) groups is 3. The molecule has 0 saturated heterocycles. The van der Waals surface area contributed by atoms with Crippen molar-refractivity contribution in [3.8, 4) is 5.69 Å². The van der Waals surface area contributed by atoms with E-state index >= 15 is 0 Å². The zero-order valence-corrected chi connectivity index (χ0v) is 30.3. The van der Waals surface area contributed by atoms with Gasteiger partial charge in [-0.05, 0) is 80.5 Å². The number of amides is 3. The largest absolute Gasteiger partial charge is 0.394 e. The summed E-state index contributed by atoms with van der Waals surface area (Å²) in [4.78, 5) is 45.5. The van der Waals surface area contributed by atoms with Gasteiger partial charge in [-0.2, -0.15) is 10.2 Å². The van der Waals surface area contributed by atoms with Crippen molar-refractivity contribution in [2.45, 2.75) is 98.7 Å². The van der Waals surface area contributed by atoms with Crippen LogP contribution in [0.5, 0.6) is 0 Å². The molecule has 4 aromatic rings. The number of hydrogen-bond donors (Lipinski definition) is 2. The Morgan fingerprint density at radius 1 is 0.960 bits per heavy atom. The molecule has 11 nitrogen and oxygen atoms in total. The quantitative estimate of drug-likeness (QED) is 0.159. The van der Waals surface area contributed by atoms with Crippen molar-refractivity contribution < 1.29 is 19.5 Å². The number of nitrogens with zero attached hydrogens (tertiary/aromatic N) is 6. The average molecular weight is 682 g/mol. The van der Waals surface area contributed by atoms with Crippen molar-refractivity contribution in [3.63, 3.8) is 0 Å². The summed E-state index contributed by atoms with van der Waals surface area (Å²) in [6, 6.07) is 16.2. The third-order valence-electron chi connectivity index (χ3n) is 9.42. The van der Waals surface area contributed by atoms with Gasteiger partial charge in [0.2, 0.25) is 0 Å². The Bertz CT molecular complexity index is 1820. The summed E-state index contributed by atoms with van der Waals surface area (Å²) < 4.78 is 3.31. The number of aliphatic hydroxyl groups excluding tert-OH is 1. The lowest BCUT2D eigenvalue weighted by Crippen LogP contribution is -2.46. The van der Waals surface area contributed by atoms with Gasteiger partial charge in [0.05, 0.1) is 29.6 Å². The van der Waals surface area contributed by atoms with E-state index in [1.54, 1.807) is 44.6 Å². The smallest absolute Gasteiger partial charge is 0.274 e. The molecule has 0 radical (unpaired) electrons. The Labute approximate surface area is 295 Å². The number of carbonyl (C=O) groups excluding carboxylic acids is 3. The van der Waals surface area contributed by atoms with E-state index in [0.29, 0.717) is 66.6 Å².